The van der Waals surface area contributed by atoms with E-state index in [9.17, 15) is 0 Å². The van der Waals surface area contributed by atoms with E-state index >= 15 is 0 Å². The molecule has 2 nitrogen and oxygen atoms in total. The first-order valence-corrected chi connectivity index (χ1v) is 4.94. The Balaban J connectivity index is 2.03. The number of hydrogen-bond donors (Lipinski definition) is 1. The fourth-order valence-electron chi connectivity index (χ4n) is 1.94. The maximum absolute atomic E-state index is 4.40. The highest BCUT2D eigenvalue weighted by atomic mass is 15.1. The van der Waals surface area contributed by atoms with E-state index in [-0.39, 0.29) is 0 Å². The molecule has 2 heteroatoms. The number of pyridine rings is 1. The van der Waals surface area contributed by atoms with Gasteiger partial charge in [0.2, 0.25) is 0 Å². The van der Waals surface area contributed by atoms with Crippen LogP contribution in [-0.2, 0) is 0 Å². The van der Waals surface area contributed by atoms with Crippen LogP contribution in [0.5, 0.6) is 0 Å². The molecule has 0 radical (unpaired) electrons. The number of aromatic nitrogens is 1. The van der Waals surface area contributed by atoms with Crippen LogP contribution in [0, 0.1) is 7.05 Å². The van der Waals surface area contributed by atoms with Gasteiger partial charge in [-0.2, -0.15) is 7.05 Å². The average molecular weight is 176 g/mol. The van der Waals surface area contributed by atoms with Gasteiger partial charge in [-0.1, -0.05) is 6.07 Å². The molecule has 70 valence electrons. The Morgan fingerprint density at radius 3 is 2.69 bits per heavy atom. The quantitative estimate of drug-likeness (QED) is 0.621. The highest BCUT2D eigenvalue weighted by Gasteiger charge is 2.19. The van der Waals surface area contributed by atoms with Gasteiger partial charge in [0, 0.05) is 30.7 Å². The zero-order valence-electron chi connectivity index (χ0n) is 7.87. The number of nitrogens with one attached hydrogen (secondary N) is 1. The molecule has 0 spiro atoms. The Hall–Kier alpha value is -0.890. The van der Waals surface area contributed by atoms with Gasteiger partial charge in [0.1, 0.15) is 0 Å². The number of hydrogen-bond acceptors (Lipinski definition) is 1. The summed E-state index contributed by atoms with van der Waals surface area (Å²) in [7, 11) is 4.02. The number of nitrogens with zero attached hydrogens (tertiary/aromatic N) is 1. The Labute approximate surface area is 79.6 Å². The molecule has 13 heavy (non-hydrogen) atoms. The molecule has 0 aromatic carbocycles. The van der Waals surface area contributed by atoms with Crippen LogP contribution in [0.1, 0.15) is 24.5 Å². The lowest BCUT2D eigenvalue weighted by molar-refractivity contribution is -0.859. The normalized spacial score (nSPS) is 28.7. The molecule has 1 fully saturated rings. The molecule has 2 rings (SSSR count). The van der Waals surface area contributed by atoms with Crippen LogP contribution in [0.15, 0.2) is 24.4 Å². The van der Waals surface area contributed by atoms with Crippen molar-refractivity contribution in [3.63, 3.8) is 0 Å². The van der Waals surface area contributed by atoms with Crippen LogP contribution in [-0.4, -0.2) is 18.1 Å². The molecule has 1 N–H and O–H groups in total. The topological polar surface area (TPSA) is 17.3 Å². The monoisotopic (exact) mass is 176 g/mol. The second-order valence-electron chi connectivity index (χ2n) is 3.78. The van der Waals surface area contributed by atoms with Crippen molar-refractivity contribution in [3.8, 4) is 0 Å². The fourth-order valence-corrected chi connectivity index (χ4v) is 1.94. The molecular formula is C11H16N2. The van der Waals surface area contributed by atoms with Crippen LogP contribution < -0.4 is 4.90 Å². The van der Waals surface area contributed by atoms with Crippen LogP contribution in [0.3, 0.4) is 0 Å². The van der Waals surface area contributed by atoms with Crippen molar-refractivity contribution >= 4 is 0 Å². The number of quaternary nitrogens is 1. The molecule has 0 bridgehead atoms. The van der Waals surface area contributed by atoms with Gasteiger partial charge in [0.15, 0.2) is 0 Å². The van der Waals surface area contributed by atoms with E-state index in [0.717, 1.165) is 0 Å². The third-order valence-corrected chi connectivity index (χ3v) is 2.80. The first-order chi connectivity index (χ1) is 6.36. The summed E-state index contributed by atoms with van der Waals surface area (Å²) in [6, 6.07) is 6.19. The van der Waals surface area contributed by atoms with Gasteiger partial charge >= 0.3 is 0 Å². The van der Waals surface area contributed by atoms with Gasteiger partial charge in [-0.05, 0) is 12.1 Å². The lowest BCUT2D eigenvalue weighted by Gasteiger charge is -2.30. The summed E-state index contributed by atoms with van der Waals surface area (Å²) >= 11 is 0. The first-order valence-electron chi connectivity index (χ1n) is 4.94. The van der Waals surface area contributed by atoms with E-state index < -0.39 is 0 Å². The summed E-state index contributed by atoms with van der Waals surface area (Å²) in [6.45, 7) is 2.36. The van der Waals surface area contributed by atoms with E-state index in [1.165, 1.54) is 36.5 Å². The second-order valence-corrected chi connectivity index (χ2v) is 3.78. The van der Waals surface area contributed by atoms with Gasteiger partial charge < -0.3 is 4.90 Å². The van der Waals surface area contributed by atoms with Crippen molar-refractivity contribution in [3.05, 3.63) is 37.1 Å². The van der Waals surface area contributed by atoms with Crippen LogP contribution in [0.2, 0.25) is 0 Å². The smallest absolute Gasteiger partial charge is 0.0536 e. The largest absolute Gasteiger partial charge is 0.468 e. The molecule has 1 aromatic heterocycles. The Kier molecular flexibility index (Phi) is 2.60. The van der Waals surface area contributed by atoms with E-state index in [0.29, 0.717) is 5.92 Å². The van der Waals surface area contributed by atoms with Crippen molar-refractivity contribution in [2.24, 2.45) is 0 Å². The van der Waals surface area contributed by atoms with Gasteiger partial charge in [0.05, 0.1) is 13.1 Å². The maximum Gasteiger partial charge on any atom is 0.0536 e. The highest BCUT2D eigenvalue weighted by molar-refractivity contribution is 5.09. The molecule has 1 aliphatic rings. The third-order valence-electron chi connectivity index (χ3n) is 2.80. The van der Waals surface area contributed by atoms with E-state index in [1.54, 1.807) is 0 Å². The van der Waals surface area contributed by atoms with Crippen molar-refractivity contribution in [1.82, 2.24) is 4.98 Å². The Bertz CT molecular complexity index is 250. The zero-order valence-corrected chi connectivity index (χ0v) is 7.87. The summed E-state index contributed by atoms with van der Waals surface area (Å²) < 4.78 is 0. The third kappa shape index (κ3) is 2.07. The average Bonchev–Trinajstić information content (AvgIpc) is 2.20. The van der Waals surface area contributed by atoms with Gasteiger partial charge in [-0.3, -0.25) is 4.98 Å². The molecule has 0 amide bonds. The molecule has 0 atom stereocenters. The van der Waals surface area contributed by atoms with Gasteiger partial charge in [-0.15, -0.1) is 0 Å². The molecule has 0 aliphatic carbocycles. The predicted molar refractivity (Wildman–Crippen MR) is 52.3 cm³/mol. The minimum absolute atomic E-state index is 0.673. The number of piperidine rings is 1. The van der Waals surface area contributed by atoms with Crippen molar-refractivity contribution in [2.75, 3.05) is 13.1 Å². The van der Waals surface area contributed by atoms with E-state index in [4.69, 9.17) is 0 Å². The Morgan fingerprint density at radius 2 is 2.08 bits per heavy atom. The molecule has 0 saturated carbocycles. The van der Waals surface area contributed by atoms with Crippen LogP contribution in [0.4, 0.5) is 0 Å². The second kappa shape index (κ2) is 3.88. The molecule has 1 aromatic rings. The molecule has 1 saturated heterocycles. The van der Waals surface area contributed by atoms with Crippen molar-refractivity contribution in [1.29, 1.82) is 0 Å². The summed E-state index contributed by atoms with van der Waals surface area (Å²) in [5, 5.41) is 0. The summed E-state index contributed by atoms with van der Waals surface area (Å²) in [6.07, 6.45) is 4.35. The van der Waals surface area contributed by atoms with Crippen LogP contribution >= 0.6 is 0 Å². The number of rotatable bonds is 1. The molecule has 0 unspecified atom stereocenters. The fraction of sp³-hybridized carbons (Fsp3) is 0.455. The number of likely N-dealkylation sites (tertiary alicyclic amines) is 1. The SMILES string of the molecule is [CH2-][NH+]1CCC(c2ccccn2)CC1. The summed E-state index contributed by atoms with van der Waals surface area (Å²) in [5.41, 5.74) is 1.26. The molecule has 2 heterocycles. The van der Waals surface area contributed by atoms with Gasteiger partial charge in [-0.25, -0.2) is 0 Å². The summed E-state index contributed by atoms with van der Waals surface area (Å²) in [5.74, 6) is 0.673. The summed E-state index contributed by atoms with van der Waals surface area (Å²) in [4.78, 5) is 5.81. The Morgan fingerprint density at radius 1 is 1.31 bits per heavy atom. The van der Waals surface area contributed by atoms with E-state index in [2.05, 4.69) is 24.2 Å². The van der Waals surface area contributed by atoms with Crippen molar-refractivity contribution < 1.29 is 4.90 Å². The van der Waals surface area contributed by atoms with Crippen LogP contribution in [0.25, 0.3) is 0 Å². The maximum atomic E-state index is 4.40. The minimum atomic E-state index is 0.673. The van der Waals surface area contributed by atoms with Gasteiger partial charge in [0.25, 0.3) is 0 Å². The lowest BCUT2D eigenvalue weighted by Crippen LogP contribution is -3.07. The highest BCUT2D eigenvalue weighted by Crippen LogP contribution is 2.21. The first kappa shape index (κ1) is 8.70. The van der Waals surface area contributed by atoms with E-state index in [1.807, 2.05) is 12.3 Å². The zero-order chi connectivity index (χ0) is 9.10. The molecule has 1 aliphatic heterocycles. The lowest BCUT2D eigenvalue weighted by atomic mass is 9.93. The predicted octanol–water partition coefficient (Wildman–Crippen LogP) is 0.635. The van der Waals surface area contributed by atoms with Crippen molar-refractivity contribution in [2.45, 2.75) is 18.8 Å². The minimum Gasteiger partial charge on any atom is -0.468 e. The molecular weight excluding hydrogens is 160 g/mol. The standard InChI is InChI=1S/C11H16N2/c1-13-8-5-10(6-9-13)11-4-2-3-7-12-11/h2-4,7,10,13H,1,5-6,8-9H2.